The van der Waals surface area contributed by atoms with Gasteiger partial charge < -0.3 is 15.1 Å². The highest BCUT2D eigenvalue weighted by Crippen LogP contribution is 2.38. The van der Waals surface area contributed by atoms with Crippen molar-refractivity contribution in [1.82, 2.24) is 9.97 Å². The molecule has 1 atom stereocenters. The molecule has 3 heterocycles. The fourth-order valence-electron chi connectivity index (χ4n) is 3.36. The van der Waals surface area contributed by atoms with Gasteiger partial charge in [-0.05, 0) is 62.7 Å². The number of amides is 1. The van der Waals surface area contributed by atoms with Crippen LogP contribution in [-0.2, 0) is 0 Å². The largest absolute Gasteiger partial charge is 0.459 e. The summed E-state index contributed by atoms with van der Waals surface area (Å²) in [6.45, 7) is 5.86. The molecule has 0 radical (unpaired) electrons. The van der Waals surface area contributed by atoms with Crippen molar-refractivity contribution in [3.8, 4) is 0 Å². The number of hydrogen-bond donors (Lipinski definition) is 2. The van der Waals surface area contributed by atoms with Crippen LogP contribution in [0.3, 0.4) is 0 Å². The Bertz CT molecular complexity index is 1200. The number of nitrogens with zero attached hydrogens (tertiary/aromatic N) is 2. The van der Waals surface area contributed by atoms with Crippen molar-refractivity contribution in [2.75, 3.05) is 10.6 Å². The molecule has 3 aromatic heterocycles. The quantitative estimate of drug-likeness (QED) is 0.366. The Labute approximate surface area is 189 Å². The van der Waals surface area contributed by atoms with E-state index in [1.165, 1.54) is 17.6 Å². The first-order chi connectivity index (χ1) is 14.9. The number of benzene rings is 1. The summed E-state index contributed by atoms with van der Waals surface area (Å²) in [7, 11) is 0. The molecule has 4 aromatic rings. The average molecular weight is 453 g/mol. The summed E-state index contributed by atoms with van der Waals surface area (Å²) in [6, 6.07) is 14.6. The lowest BCUT2D eigenvalue weighted by Crippen LogP contribution is -2.18. The van der Waals surface area contributed by atoms with Crippen molar-refractivity contribution >= 4 is 39.8 Å². The third-order valence-corrected chi connectivity index (χ3v) is 5.82. The maximum atomic E-state index is 12.6. The Morgan fingerprint density at radius 2 is 1.84 bits per heavy atom. The van der Waals surface area contributed by atoms with Gasteiger partial charge in [0.1, 0.15) is 5.00 Å². The van der Waals surface area contributed by atoms with Gasteiger partial charge in [0.2, 0.25) is 5.95 Å². The van der Waals surface area contributed by atoms with Crippen LogP contribution in [0.5, 0.6) is 0 Å². The third kappa shape index (κ3) is 4.95. The second kappa shape index (κ2) is 8.91. The zero-order valence-electron chi connectivity index (χ0n) is 17.3. The van der Waals surface area contributed by atoms with Crippen LogP contribution in [0.4, 0.5) is 10.9 Å². The maximum absolute atomic E-state index is 12.6. The van der Waals surface area contributed by atoms with Gasteiger partial charge in [0.15, 0.2) is 5.76 Å². The van der Waals surface area contributed by atoms with Gasteiger partial charge >= 0.3 is 0 Å². The second-order valence-electron chi connectivity index (χ2n) is 7.18. The summed E-state index contributed by atoms with van der Waals surface area (Å²) >= 11 is 7.78. The topological polar surface area (TPSA) is 80.0 Å². The van der Waals surface area contributed by atoms with E-state index in [0.717, 1.165) is 32.4 Å². The van der Waals surface area contributed by atoms with Crippen molar-refractivity contribution in [3.05, 3.63) is 93.0 Å². The highest BCUT2D eigenvalue weighted by molar-refractivity contribution is 7.16. The molecule has 0 fully saturated rings. The lowest BCUT2D eigenvalue weighted by Gasteiger charge is -2.21. The number of anilines is 2. The molecule has 0 aliphatic heterocycles. The number of carbonyl (C=O) groups excluding carboxylic acids is 1. The van der Waals surface area contributed by atoms with Gasteiger partial charge in [-0.1, -0.05) is 23.7 Å². The normalized spacial score (nSPS) is 11.9. The fraction of sp³-hybridized carbons (Fsp3) is 0.174. The summed E-state index contributed by atoms with van der Waals surface area (Å²) in [4.78, 5) is 22.8. The first-order valence-electron chi connectivity index (χ1n) is 9.68. The van der Waals surface area contributed by atoms with Gasteiger partial charge in [0, 0.05) is 26.9 Å². The summed E-state index contributed by atoms with van der Waals surface area (Å²) in [5, 5.41) is 7.76. The van der Waals surface area contributed by atoms with E-state index in [0.29, 0.717) is 11.0 Å². The van der Waals surface area contributed by atoms with Crippen LogP contribution in [0.25, 0.3) is 0 Å². The predicted octanol–water partition coefficient (Wildman–Crippen LogP) is 6.16. The smallest absolute Gasteiger partial charge is 0.291 e. The van der Waals surface area contributed by atoms with Crippen molar-refractivity contribution in [2.45, 2.75) is 26.8 Å². The number of thiophene rings is 1. The molecule has 0 bridgehead atoms. The minimum absolute atomic E-state index is 0.252. The molecule has 6 nitrogen and oxygen atoms in total. The van der Waals surface area contributed by atoms with Crippen molar-refractivity contribution < 1.29 is 9.21 Å². The highest BCUT2D eigenvalue weighted by Gasteiger charge is 2.23. The van der Waals surface area contributed by atoms with E-state index in [4.69, 9.17) is 16.0 Å². The Morgan fingerprint density at radius 3 is 2.52 bits per heavy atom. The van der Waals surface area contributed by atoms with E-state index in [1.807, 2.05) is 57.2 Å². The van der Waals surface area contributed by atoms with Crippen LogP contribution in [0.2, 0.25) is 5.02 Å². The van der Waals surface area contributed by atoms with Crippen LogP contribution < -0.4 is 10.6 Å². The molecule has 0 aliphatic rings. The molecule has 1 amide bonds. The number of furan rings is 1. The molecule has 31 heavy (non-hydrogen) atoms. The van der Waals surface area contributed by atoms with Gasteiger partial charge in [-0.25, -0.2) is 9.97 Å². The second-order valence-corrected chi connectivity index (χ2v) is 8.87. The number of carbonyl (C=O) groups is 1. The van der Waals surface area contributed by atoms with Crippen LogP contribution >= 0.6 is 22.9 Å². The summed E-state index contributed by atoms with van der Waals surface area (Å²) in [5.41, 5.74) is 3.56. The zero-order chi connectivity index (χ0) is 22.0. The van der Waals surface area contributed by atoms with Crippen LogP contribution in [0, 0.1) is 20.8 Å². The number of rotatable bonds is 6. The van der Waals surface area contributed by atoms with E-state index in [9.17, 15) is 4.79 Å². The molecule has 0 saturated carbocycles. The summed E-state index contributed by atoms with van der Waals surface area (Å²) in [5.74, 6) is 0.456. The number of nitrogens with one attached hydrogen (secondary N) is 2. The lowest BCUT2D eigenvalue weighted by atomic mass is 10.00. The summed E-state index contributed by atoms with van der Waals surface area (Å²) < 4.78 is 5.24. The maximum Gasteiger partial charge on any atom is 0.291 e. The summed E-state index contributed by atoms with van der Waals surface area (Å²) in [6.07, 6.45) is 1.48. The molecule has 8 heteroatoms. The molecule has 158 valence electrons. The molecule has 0 unspecified atom stereocenters. The Morgan fingerprint density at radius 1 is 1.06 bits per heavy atom. The first-order valence-corrected chi connectivity index (χ1v) is 10.9. The van der Waals surface area contributed by atoms with E-state index in [1.54, 1.807) is 12.1 Å². The van der Waals surface area contributed by atoms with Crippen LogP contribution in [0.1, 0.15) is 44.0 Å². The standard InChI is InChI=1S/C23H21ClN4O2S/c1-13-10-14(2)26-23(25-13)27-20(16-6-4-7-17(24)12-16)18-11-15(3)31-22(18)28-21(29)19-8-5-9-30-19/h4-12,20H,1-3H3,(H,28,29)(H,25,26,27)/t20-/m0/s1. The fourth-order valence-corrected chi connectivity index (χ4v) is 4.51. The van der Waals surface area contributed by atoms with E-state index < -0.39 is 0 Å². The predicted molar refractivity (Wildman–Crippen MR) is 124 cm³/mol. The molecular formula is C23H21ClN4O2S. The van der Waals surface area contributed by atoms with Gasteiger partial charge in [-0.3, -0.25) is 4.79 Å². The van der Waals surface area contributed by atoms with E-state index >= 15 is 0 Å². The Kier molecular flexibility index (Phi) is 6.06. The highest BCUT2D eigenvalue weighted by atomic mass is 35.5. The van der Waals surface area contributed by atoms with Gasteiger partial charge in [0.05, 0.1) is 12.3 Å². The molecule has 0 aliphatic carbocycles. The number of hydrogen-bond acceptors (Lipinski definition) is 6. The third-order valence-electron chi connectivity index (χ3n) is 4.60. The monoisotopic (exact) mass is 452 g/mol. The van der Waals surface area contributed by atoms with E-state index in [2.05, 4.69) is 20.6 Å². The first kappa shape index (κ1) is 21.1. The molecule has 4 rings (SSSR count). The Hall–Kier alpha value is -3.16. The number of halogens is 1. The van der Waals surface area contributed by atoms with E-state index in [-0.39, 0.29) is 17.7 Å². The van der Waals surface area contributed by atoms with Gasteiger partial charge in [-0.15, -0.1) is 11.3 Å². The molecule has 0 saturated heterocycles. The van der Waals surface area contributed by atoms with Crippen LogP contribution in [0.15, 0.2) is 59.2 Å². The zero-order valence-corrected chi connectivity index (χ0v) is 18.8. The van der Waals surface area contributed by atoms with Crippen molar-refractivity contribution in [2.24, 2.45) is 0 Å². The average Bonchev–Trinajstić information content (AvgIpc) is 3.35. The van der Waals surface area contributed by atoms with Crippen molar-refractivity contribution in [1.29, 1.82) is 0 Å². The molecule has 0 spiro atoms. The number of aryl methyl sites for hydroxylation is 3. The minimum atomic E-state index is -0.322. The molecule has 2 N–H and O–H groups in total. The molecule has 1 aromatic carbocycles. The van der Waals surface area contributed by atoms with Crippen LogP contribution in [-0.4, -0.2) is 15.9 Å². The SMILES string of the molecule is Cc1cc(C)nc(N[C@@H](c2cccc(Cl)c2)c2cc(C)sc2NC(=O)c2ccco2)n1. The Balaban J connectivity index is 1.75. The van der Waals surface area contributed by atoms with Gasteiger partial charge in [-0.2, -0.15) is 0 Å². The van der Waals surface area contributed by atoms with Crippen molar-refractivity contribution in [3.63, 3.8) is 0 Å². The lowest BCUT2D eigenvalue weighted by molar-refractivity contribution is 0.0997. The molecular weight excluding hydrogens is 432 g/mol. The number of aromatic nitrogens is 2. The van der Waals surface area contributed by atoms with Gasteiger partial charge in [0.25, 0.3) is 5.91 Å². The minimum Gasteiger partial charge on any atom is -0.459 e.